The van der Waals surface area contributed by atoms with Crippen molar-refractivity contribution in [3.05, 3.63) is 46.4 Å². The molecule has 5 nitrogen and oxygen atoms in total. The first-order chi connectivity index (χ1) is 9.83. The van der Waals surface area contributed by atoms with Crippen LogP contribution in [0.15, 0.2) is 45.8 Å². The molecule has 0 saturated carbocycles. The van der Waals surface area contributed by atoms with Gasteiger partial charge >= 0.3 is 0 Å². The van der Waals surface area contributed by atoms with E-state index < -0.39 is 10.0 Å². The molecule has 0 aliphatic heterocycles. The van der Waals surface area contributed by atoms with E-state index in [4.69, 9.17) is 10.5 Å². The van der Waals surface area contributed by atoms with Crippen molar-refractivity contribution in [1.82, 2.24) is 0 Å². The van der Waals surface area contributed by atoms with Gasteiger partial charge in [0.05, 0.1) is 12.8 Å². The van der Waals surface area contributed by atoms with Crippen molar-refractivity contribution in [3.63, 3.8) is 0 Å². The molecule has 112 valence electrons. The average molecular weight is 371 g/mol. The highest BCUT2D eigenvalue weighted by atomic mass is 79.9. The molecular formula is C14H15BrN2O3S. The Morgan fingerprint density at radius 1 is 1.19 bits per heavy atom. The summed E-state index contributed by atoms with van der Waals surface area (Å²) in [6.07, 6.45) is 0. The van der Waals surface area contributed by atoms with Gasteiger partial charge in [0.25, 0.3) is 10.0 Å². The predicted molar refractivity (Wildman–Crippen MR) is 87.1 cm³/mol. The summed E-state index contributed by atoms with van der Waals surface area (Å²) in [6, 6.07) is 9.78. The van der Waals surface area contributed by atoms with E-state index >= 15 is 0 Å². The average Bonchev–Trinajstić information content (AvgIpc) is 2.42. The van der Waals surface area contributed by atoms with Gasteiger partial charge in [-0.25, -0.2) is 8.42 Å². The molecule has 0 aromatic heterocycles. The first kappa shape index (κ1) is 15.7. The van der Waals surface area contributed by atoms with Crippen LogP contribution in [0.3, 0.4) is 0 Å². The van der Waals surface area contributed by atoms with Gasteiger partial charge in [-0.1, -0.05) is 22.0 Å². The van der Waals surface area contributed by atoms with Gasteiger partial charge in [-0.2, -0.15) is 0 Å². The number of hydrogen-bond donors (Lipinski definition) is 2. The number of aryl methyl sites for hydroxylation is 1. The minimum absolute atomic E-state index is 0.0542. The molecule has 0 heterocycles. The van der Waals surface area contributed by atoms with E-state index in [9.17, 15) is 8.42 Å². The Labute approximate surface area is 132 Å². The summed E-state index contributed by atoms with van der Waals surface area (Å²) in [6.45, 7) is 1.85. The monoisotopic (exact) mass is 370 g/mol. The van der Waals surface area contributed by atoms with Crippen molar-refractivity contribution < 1.29 is 13.2 Å². The Kier molecular flexibility index (Phi) is 4.43. The number of hydrogen-bond acceptors (Lipinski definition) is 4. The first-order valence-corrected chi connectivity index (χ1v) is 8.33. The van der Waals surface area contributed by atoms with Crippen molar-refractivity contribution in [2.45, 2.75) is 11.8 Å². The van der Waals surface area contributed by atoms with Crippen LogP contribution in [0.2, 0.25) is 0 Å². The van der Waals surface area contributed by atoms with E-state index in [-0.39, 0.29) is 10.6 Å². The summed E-state index contributed by atoms with van der Waals surface area (Å²) in [4.78, 5) is 0.0542. The lowest BCUT2D eigenvalue weighted by molar-refractivity contribution is 0.403. The molecule has 0 bridgehead atoms. The molecule has 0 amide bonds. The summed E-state index contributed by atoms with van der Waals surface area (Å²) in [5, 5.41) is 0. The molecule has 0 fully saturated rings. The fraction of sp³-hybridized carbons (Fsp3) is 0.143. The minimum atomic E-state index is -3.77. The van der Waals surface area contributed by atoms with Crippen LogP contribution in [-0.4, -0.2) is 15.5 Å². The van der Waals surface area contributed by atoms with Crippen molar-refractivity contribution in [3.8, 4) is 5.75 Å². The zero-order valence-electron chi connectivity index (χ0n) is 11.6. The van der Waals surface area contributed by atoms with E-state index in [1.54, 1.807) is 30.3 Å². The summed E-state index contributed by atoms with van der Waals surface area (Å²) in [7, 11) is -2.35. The van der Waals surface area contributed by atoms with Crippen LogP contribution in [0.1, 0.15) is 5.56 Å². The number of anilines is 2. The molecule has 0 atom stereocenters. The van der Waals surface area contributed by atoms with E-state index in [1.165, 1.54) is 13.2 Å². The number of methoxy groups -OCH3 is 1. The lowest BCUT2D eigenvalue weighted by Crippen LogP contribution is -2.14. The van der Waals surface area contributed by atoms with Crippen molar-refractivity contribution in [1.29, 1.82) is 0 Å². The number of nitrogen functional groups attached to an aromatic ring is 1. The number of ether oxygens (including phenoxy) is 1. The lowest BCUT2D eigenvalue weighted by atomic mass is 10.2. The van der Waals surface area contributed by atoms with E-state index in [0.29, 0.717) is 15.8 Å². The third-order valence-electron chi connectivity index (χ3n) is 2.95. The van der Waals surface area contributed by atoms with Crippen LogP contribution in [0.5, 0.6) is 5.75 Å². The van der Waals surface area contributed by atoms with E-state index in [1.807, 2.05) is 6.92 Å². The summed E-state index contributed by atoms with van der Waals surface area (Å²) >= 11 is 3.26. The van der Waals surface area contributed by atoms with Crippen molar-refractivity contribution in [2.24, 2.45) is 0 Å². The number of rotatable bonds is 4. The van der Waals surface area contributed by atoms with Crippen LogP contribution in [0, 0.1) is 6.92 Å². The van der Waals surface area contributed by atoms with E-state index in [2.05, 4.69) is 20.7 Å². The van der Waals surface area contributed by atoms with Crippen LogP contribution in [0.25, 0.3) is 0 Å². The van der Waals surface area contributed by atoms with Gasteiger partial charge < -0.3 is 10.5 Å². The normalized spacial score (nSPS) is 11.2. The maximum absolute atomic E-state index is 12.5. The molecular weight excluding hydrogens is 356 g/mol. The topological polar surface area (TPSA) is 81.4 Å². The molecule has 21 heavy (non-hydrogen) atoms. The quantitative estimate of drug-likeness (QED) is 0.809. The number of halogens is 1. The van der Waals surface area contributed by atoms with Gasteiger partial charge in [0.15, 0.2) is 0 Å². The summed E-state index contributed by atoms with van der Waals surface area (Å²) in [5.74, 6) is 0.269. The second-order valence-electron chi connectivity index (χ2n) is 4.47. The molecule has 3 N–H and O–H groups in total. The largest absolute Gasteiger partial charge is 0.495 e. The molecule has 7 heteroatoms. The molecule has 0 unspecified atom stereocenters. The van der Waals surface area contributed by atoms with Gasteiger partial charge in [-0.3, -0.25) is 4.72 Å². The van der Waals surface area contributed by atoms with Crippen LogP contribution in [0.4, 0.5) is 11.4 Å². The highest BCUT2D eigenvalue weighted by Gasteiger charge is 2.20. The van der Waals surface area contributed by atoms with Gasteiger partial charge in [-0.05, 0) is 42.8 Å². The Bertz CT molecular complexity index is 776. The lowest BCUT2D eigenvalue weighted by Gasteiger charge is -2.12. The maximum Gasteiger partial charge on any atom is 0.265 e. The molecule has 0 aliphatic carbocycles. The van der Waals surface area contributed by atoms with Gasteiger partial charge in [0.1, 0.15) is 10.6 Å². The predicted octanol–water partition coefficient (Wildman–Crippen LogP) is 3.15. The fourth-order valence-electron chi connectivity index (χ4n) is 1.77. The minimum Gasteiger partial charge on any atom is -0.495 e. The van der Waals surface area contributed by atoms with Crippen molar-refractivity contribution >= 4 is 37.3 Å². The maximum atomic E-state index is 12.5. The third-order valence-corrected chi connectivity index (χ3v) is 4.84. The number of nitrogens with one attached hydrogen (secondary N) is 1. The van der Waals surface area contributed by atoms with Crippen LogP contribution in [-0.2, 0) is 10.0 Å². The first-order valence-electron chi connectivity index (χ1n) is 6.06. The second-order valence-corrected chi connectivity index (χ2v) is 7.04. The standard InChI is InChI=1S/C14H15BrN2O3S/c1-9-3-5-11(8-12(9)16)17-21(18,19)14-7-10(15)4-6-13(14)20-2/h3-8,17H,16H2,1-2H3. The Morgan fingerprint density at radius 3 is 2.52 bits per heavy atom. The molecule has 0 spiro atoms. The molecule has 0 aliphatic rings. The van der Waals surface area contributed by atoms with Crippen molar-refractivity contribution in [2.75, 3.05) is 17.6 Å². The molecule has 0 radical (unpaired) electrons. The summed E-state index contributed by atoms with van der Waals surface area (Å²) in [5.41, 5.74) is 7.61. The van der Waals surface area contributed by atoms with Gasteiger partial charge in [-0.15, -0.1) is 0 Å². The van der Waals surface area contributed by atoms with Gasteiger partial charge in [0, 0.05) is 10.2 Å². The highest BCUT2D eigenvalue weighted by Crippen LogP contribution is 2.29. The number of nitrogens with two attached hydrogens (primary N) is 1. The van der Waals surface area contributed by atoms with Crippen LogP contribution >= 0.6 is 15.9 Å². The zero-order chi connectivity index (χ0) is 15.6. The number of sulfonamides is 1. The third kappa shape index (κ3) is 3.48. The van der Waals surface area contributed by atoms with Gasteiger partial charge in [0.2, 0.25) is 0 Å². The molecule has 2 aromatic rings. The summed E-state index contributed by atoms with van der Waals surface area (Å²) < 4.78 is 33.2. The highest BCUT2D eigenvalue weighted by molar-refractivity contribution is 9.10. The Balaban J connectivity index is 2.42. The number of benzene rings is 2. The molecule has 2 rings (SSSR count). The second kappa shape index (κ2) is 5.95. The SMILES string of the molecule is COc1ccc(Br)cc1S(=O)(=O)Nc1ccc(C)c(N)c1. The smallest absolute Gasteiger partial charge is 0.265 e. The Morgan fingerprint density at radius 2 is 1.90 bits per heavy atom. The molecule has 2 aromatic carbocycles. The van der Waals surface area contributed by atoms with Crippen LogP contribution < -0.4 is 15.2 Å². The zero-order valence-corrected chi connectivity index (χ0v) is 14.0. The molecule has 0 saturated heterocycles. The van der Waals surface area contributed by atoms with E-state index in [0.717, 1.165) is 5.56 Å². The fourth-order valence-corrected chi connectivity index (χ4v) is 3.53. The Hall–Kier alpha value is -1.73.